The molecule has 0 unspecified atom stereocenters. The number of hydrogen-bond donors (Lipinski definition) is 0. The summed E-state index contributed by atoms with van der Waals surface area (Å²) in [6, 6.07) is 28.3. The van der Waals surface area contributed by atoms with E-state index in [0.717, 1.165) is 34.0 Å². The molecule has 0 fully saturated rings. The average molecular weight is 856 g/mol. The van der Waals surface area contributed by atoms with Gasteiger partial charge in [0.1, 0.15) is 22.9 Å². The molecule has 2 atom stereocenters. The minimum Gasteiger partial charge on any atom is -0.526 e. The van der Waals surface area contributed by atoms with Crippen LogP contribution in [-0.2, 0) is 48.6 Å². The van der Waals surface area contributed by atoms with Gasteiger partial charge in [-0.25, -0.2) is 9.97 Å². The maximum atomic E-state index is 6.68. The van der Waals surface area contributed by atoms with Gasteiger partial charge in [0.2, 0.25) is 0 Å². The van der Waals surface area contributed by atoms with Crippen LogP contribution >= 0.6 is 0 Å². The Morgan fingerprint density at radius 2 is 1.53 bits per heavy atom. The quantitative estimate of drug-likeness (QED) is 0.166. The monoisotopic (exact) mass is 855 g/mol. The third-order valence-electron chi connectivity index (χ3n) is 11.1. The maximum Gasteiger partial charge on any atom is 2.00 e. The van der Waals surface area contributed by atoms with Gasteiger partial charge < -0.3 is 14.0 Å². The van der Waals surface area contributed by atoms with Crippen LogP contribution in [0, 0.1) is 26.0 Å². The van der Waals surface area contributed by atoms with Crippen molar-refractivity contribution in [2.45, 2.75) is 97.6 Å². The van der Waals surface area contributed by atoms with E-state index in [-0.39, 0.29) is 31.9 Å². The predicted octanol–water partition coefficient (Wildman–Crippen LogP) is 10.2. The van der Waals surface area contributed by atoms with Gasteiger partial charge in [0.05, 0.1) is 0 Å². The fraction of sp³-hybridized carbons (Fsp3) is 0.341. The van der Waals surface area contributed by atoms with Crippen molar-refractivity contribution in [2.24, 2.45) is 4.99 Å². The molecule has 51 heavy (non-hydrogen) atoms. The molecular formula is C44H44N4O2Pt. The van der Waals surface area contributed by atoms with E-state index in [9.17, 15) is 0 Å². The van der Waals surface area contributed by atoms with Crippen LogP contribution in [0.15, 0.2) is 78.0 Å². The van der Waals surface area contributed by atoms with Crippen LogP contribution in [0.3, 0.4) is 0 Å². The van der Waals surface area contributed by atoms with E-state index in [1.54, 1.807) is 6.20 Å². The van der Waals surface area contributed by atoms with Gasteiger partial charge in [-0.1, -0.05) is 71.3 Å². The molecule has 0 saturated carbocycles. The molecule has 3 aromatic carbocycles. The second-order valence-corrected chi connectivity index (χ2v) is 16.5. The van der Waals surface area contributed by atoms with E-state index >= 15 is 0 Å². The molecule has 3 aromatic heterocycles. The summed E-state index contributed by atoms with van der Waals surface area (Å²) in [4.78, 5) is 14.6. The summed E-state index contributed by atoms with van der Waals surface area (Å²) in [6.07, 6.45) is 4.42. The standard InChI is InChI=1S/C44H44N4O2.Pt/c1-26-11-15-35-34(27(26)2)25-43(9)44(35,10)47-40(50-43)28-17-19-46-39(21-28)49-31-13-14-32-33-22-29(41(3,4)5)12-16-36(33)48(37(32)24-31)38-23-30(18-20-45-38)42(6,7)8;/h11-20,22-23H,25H2,1-10H3;/q-2;+2/t43-,44+;/m0./s1. The van der Waals surface area contributed by atoms with Gasteiger partial charge in [0.15, 0.2) is 5.88 Å². The minimum atomic E-state index is -0.494. The number of aryl methyl sites for hydroxylation is 1. The van der Waals surface area contributed by atoms with Crippen molar-refractivity contribution >= 4 is 27.7 Å². The topological polar surface area (TPSA) is 61.5 Å². The Balaban J connectivity index is 0.00000406. The molecule has 6 nitrogen and oxygen atoms in total. The van der Waals surface area contributed by atoms with Crippen molar-refractivity contribution in [3.05, 3.63) is 124 Å². The number of rotatable bonds is 4. The molecule has 262 valence electrons. The normalized spacial score (nSPS) is 19.8. The molecule has 0 bridgehead atoms. The second-order valence-electron chi connectivity index (χ2n) is 16.5. The van der Waals surface area contributed by atoms with Gasteiger partial charge in [-0.2, -0.15) is 6.07 Å². The van der Waals surface area contributed by atoms with Gasteiger partial charge in [0.25, 0.3) is 0 Å². The summed E-state index contributed by atoms with van der Waals surface area (Å²) >= 11 is 0. The van der Waals surface area contributed by atoms with E-state index in [2.05, 4.69) is 139 Å². The molecule has 0 amide bonds. The molecule has 1 aliphatic heterocycles. The first kappa shape index (κ1) is 35.1. The van der Waals surface area contributed by atoms with Crippen molar-refractivity contribution in [3.63, 3.8) is 0 Å². The third kappa shape index (κ3) is 5.62. The summed E-state index contributed by atoms with van der Waals surface area (Å²) in [5.41, 5.74) is 9.36. The van der Waals surface area contributed by atoms with Crippen molar-refractivity contribution in [1.82, 2.24) is 14.5 Å². The van der Waals surface area contributed by atoms with Crippen LogP contribution < -0.4 is 4.74 Å². The number of fused-ring (bicyclic) bond motifs is 6. The first-order valence-corrected chi connectivity index (χ1v) is 17.5. The number of nitrogens with zero attached hydrogens (tertiary/aromatic N) is 4. The zero-order valence-corrected chi connectivity index (χ0v) is 33.3. The van der Waals surface area contributed by atoms with Gasteiger partial charge in [-0.15, -0.1) is 35.2 Å². The Kier molecular flexibility index (Phi) is 8.19. The Morgan fingerprint density at radius 1 is 0.804 bits per heavy atom. The van der Waals surface area contributed by atoms with E-state index in [4.69, 9.17) is 19.5 Å². The minimum absolute atomic E-state index is 0. The summed E-state index contributed by atoms with van der Waals surface area (Å²) in [5.74, 6) is 2.27. The molecule has 6 aromatic rings. The molecule has 8 rings (SSSR count). The van der Waals surface area contributed by atoms with Crippen LogP contribution in [0.5, 0.6) is 11.6 Å². The summed E-state index contributed by atoms with van der Waals surface area (Å²) < 4.78 is 15.3. The summed E-state index contributed by atoms with van der Waals surface area (Å²) in [5, 5.41) is 2.24. The van der Waals surface area contributed by atoms with Gasteiger partial charge in [0, 0.05) is 23.9 Å². The predicted molar refractivity (Wildman–Crippen MR) is 201 cm³/mol. The largest absolute Gasteiger partial charge is 2.00 e. The third-order valence-corrected chi connectivity index (χ3v) is 11.1. The van der Waals surface area contributed by atoms with Crippen molar-refractivity contribution in [1.29, 1.82) is 0 Å². The summed E-state index contributed by atoms with van der Waals surface area (Å²) in [6.45, 7) is 22.1. The number of benzene rings is 3. The molecule has 0 radical (unpaired) electrons. The molecule has 0 saturated heterocycles. The Morgan fingerprint density at radius 3 is 2.27 bits per heavy atom. The number of aliphatic imine (C=N–C) groups is 1. The van der Waals surface area contributed by atoms with Gasteiger partial charge in [-0.05, 0) is 102 Å². The van der Waals surface area contributed by atoms with Crippen molar-refractivity contribution in [3.8, 4) is 17.4 Å². The SMILES string of the molecule is Cc1ccc2c(c1C)C[C@]1(C)OC(c3[c-]c(Oc4[c-]c5c(cc4)c4cc(C(C)(C)C)ccc4n5-c4cc(C(C)(C)C)ccn4)ncc3)=N[C@]21C.[Pt+2]. The number of pyridine rings is 2. The average Bonchev–Trinajstić information content (AvgIpc) is 3.61. The number of ether oxygens (including phenoxy) is 2. The van der Waals surface area contributed by atoms with Crippen molar-refractivity contribution in [2.75, 3.05) is 0 Å². The van der Waals surface area contributed by atoms with Crippen LogP contribution in [0.4, 0.5) is 0 Å². The van der Waals surface area contributed by atoms with Crippen LogP contribution in [-0.4, -0.2) is 26.0 Å². The molecule has 2 aliphatic rings. The zero-order chi connectivity index (χ0) is 35.4. The molecular weight excluding hydrogens is 812 g/mol. The Bertz CT molecular complexity index is 2400. The first-order valence-electron chi connectivity index (χ1n) is 17.5. The fourth-order valence-corrected chi connectivity index (χ4v) is 7.57. The van der Waals surface area contributed by atoms with Gasteiger partial charge in [-0.3, -0.25) is 4.99 Å². The fourth-order valence-electron chi connectivity index (χ4n) is 7.57. The number of hydrogen-bond acceptors (Lipinski definition) is 5. The second kappa shape index (κ2) is 11.9. The van der Waals surface area contributed by atoms with E-state index in [1.807, 2.05) is 18.3 Å². The Hall–Kier alpha value is -4.28. The molecule has 0 spiro atoms. The first-order chi connectivity index (χ1) is 23.6. The van der Waals surface area contributed by atoms with E-state index < -0.39 is 11.1 Å². The number of aromatic nitrogens is 3. The molecule has 1 aliphatic carbocycles. The molecule has 0 N–H and O–H groups in total. The summed E-state index contributed by atoms with van der Waals surface area (Å²) in [7, 11) is 0. The van der Waals surface area contributed by atoms with Crippen LogP contribution in [0.25, 0.3) is 27.6 Å². The van der Waals surface area contributed by atoms with Crippen LogP contribution in [0.2, 0.25) is 0 Å². The van der Waals surface area contributed by atoms with Gasteiger partial charge >= 0.3 is 21.1 Å². The molecule has 4 heterocycles. The smallest absolute Gasteiger partial charge is 0.526 e. The van der Waals surface area contributed by atoms with E-state index in [1.165, 1.54) is 33.4 Å². The molecule has 7 heteroatoms. The van der Waals surface area contributed by atoms with Crippen molar-refractivity contribution < 1.29 is 30.5 Å². The zero-order valence-electron chi connectivity index (χ0n) is 31.1. The van der Waals surface area contributed by atoms with Crippen LogP contribution in [0.1, 0.15) is 94.3 Å². The maximum absolute atomic E-state index is 6.68. The van der Waals surface area contributed by atoms with E-state index in [0.29, 0.717) is 23.1 Å². The Labute approximate surface area is 315 Å².